The van der Waals surface area contributed by atoms with E-state index >= 15 is 0 Å². The minimum absolute atomic E-state index is 0.649. The van der Waals surface area contributed by atoms with E-state index in [1.54, 1.807) is 12.4 Å². The first-order valence-electron chi connectivity index (χ1n) is 11.7. The van der Waals surface area contributed by atoms with Crippen molar-refractivity contribution in [3.63, 3.8) is 0 Å². The summed E-state index contributed by atoms with van der Waals surface area (Å²) in [6, 6.07) is 34.1. The van der Waals surface area contributed by atoms with Crippen LogP contribution < -0.4 is 0 Å². The molecule has 6 aromatic rings. The lowest BCUT2D eigenvalue weighted by Crippen LogP contribution is -2.01. The zero-order valence-electron chi connectivity index (χ0n) is 19.7. The Kier molecular flexibility index (Phi) is 4.94. The molecular weight excluding hydrogens is 426 g/mol. The SMILES string of the molecule is Cc1ccccc1-c1cccc2c3ccccc3n(-c3cc(C#N)c(-c4ccncc4)cc3C)c12. The maximum Gasteiger partial charge on any atom is 0.0998 e. The fourth-order valence-electron chi connectivity index (χ4n) is 5.16. The van der Waals surface area contributed by atoms with Crippen LogP contribution in [0.2, 0.25) is 0 Å². The lowest BCUT2D eigenvalue weighted by Gasteiger charge is -2.17. The van der Waals surface area contributed by atoms with Gasteiger partial charge < -0.3 is 4.57 Å². The zero-order valence-corrected chi connectivity index (χ0v) is 19.7. The Morgan fingerprint density at radius 2 is 1.40 bits per heavy atom. The first-order valence-corrected chi connectivity index (χ1v) is 11.7. The number of benzene rings is 4. The predicted molar refractivity (Wildman–Crippen MR) is 144 cm³/mol. The van der Waals surface area contributed by atoms with Crippen molar-refractivity contribution in [2.75, 3.05) is 0 Å². The number of para-hydroxylation sites is 2. The number of nitrogens with zero attached hydrogens (tertiary/aromatic N) is 3. The number of hydrogen-bond donors (Lipinski definition) is 0. The largest absolute Gasteiger partial charge is 0.308 e. The van der Waals surface area contributed by atoms with Crippen molar-refractivity contribution < 1.29 is 0 Å². The Hall–Kier alpha value is -4.68. The van der Waals surface area contributed by atoms with Crippen LogP contribution >= 0.6 is 0 Å². The molecule has 0 saturated heterocycles. The van der Waals surface area contributed by atoms with Crippen molar-refractivity contribution in [2.45, 2.75) is 13.8 Å². The molecule has 0 aliphatic carbocycles. The van der Waals surface area contributed by atoms with Gasteiger partial charge >= 0.3 is 0 Å². The number of aryl methyl sites for hydroxylation is 2. The Balaban J connectivity index is 1.73. The zero-order chi connectivity index (χ0) is 23.9. The van der Waals surface area contributed by atoms with E-state index in [9.17, 15) is 5.26 Å². The summed E-state index contributed by atoms with van der Waals surface area (Å²) < 4.78 is 2.33. The highest BCUT2D eigenvalue weighted by molar-refractivity contribution is 6.14. The first kappa shape index (κ1) is 20.9. The van der Waals surface area contributed by atoms with Gasteiger partial charge in [-0.25, -0.2) is 0 Å². The summed E-state index contributed by atoms with van der Waals surface area (Å²) in [4.78, 5) is 4.13. The van der Waals surface area contributed by atoms with E-state index in [1.807, 2.05) is 18.2 Å². The third kappa shape index (κ3) is 3.31. The predicted octanol–water partition coefficient (Wildman–Crippen LogP) is 8.00. The van der Waals surface area contributed by atoms with Crippen LogP contribution in [0.15, 0.2) is 103 Å². The molecule has 166 valence electrons. The monoisotopic (exact) mass is 449 g/mol. The molecule has 0 aliphatic rings. The molecule has 6 rings (SSSR count). The quantitative estimate of drug-likeness (QED) is 0.275. The highest BCUT2D eigenvalue weighted by atomic mass is 15.0. The molecule has 2 aromatic heterocycles. The minimum atomic E-state index is 0.649. The molecule has 0 spiro atoms. The molecule has 3 heteroatoms. The number of pyridine rings is 1. The molecular formula is C32H23N3. The van der Waals surface area contributed by atoms with Crippen molar-refractivity contribution in [1.82, 2.24) is 9.55 Å². The van der Waals surface area contributed by atoms with Gasteiger partial charge in [0.25, 0.3) is 0 Å². The van der Waals surface area contributed by atoms with Crippen LogP contribution in [0.3, 0.4) is 0 Å². The molecule has 0 radical (unpaired) electrons. The number of hydrogen-bond acceptors (Lipinski definition) is 2. The normalized spacial score (nSPS) is 11.1. The van der Waals surface area contributed by atoms with Crippen molar-refractivity contribution >= 4 is 21.8 Å². The van der Waals surface area contributed by atoms with Crippen LogP contribution in [0.4, 0.5) is 0 Å². The third-order valence-electron chi connectivity index (χ3n) is 6.82. The van der Waals surface area contributed by atoms with E-state index in [0.717, 1.165) is 33.4 Å². The Morgan fingerprint density at radius 3 is 2.20 bits per heavy atom. The van der Waals surface area contributed by atoms with Gasteiger partial charge in [0.05, 0.1) is 28.4 Å². The van der Waals surface area contributed by atoms with Crippen LogP contribution in [-0.4, -0.2) is 9.55 Å². The summed E-state index contributed by atoms with van der Waals surface area (Å²) in [5.74, 6) is 0. The van der Waals surface area contributed by atoms with Gasteiger partial charge in [0.1, 0.15) is 0 Å². The van der Waals surface area contributed by atoms with Crippen LogP contribution in [-0.2, 0) is 0 Å². The average Bonchev–Trinajstić information content (AvgIpc) is 3.24. The van der Waals surface area contributed by atoms with Crippen molar-refractivity contribution in [1.29, 1.82) is 5.26 Å². The van der Waals surface area contributed by atoms with Gasteiger partial charge in [0.15, 0.2) is 0 Å². The Labute approximate surface area is 204 Å². The second kappa shape index (κ2) is 8.27. The molecule has 0 aliphatic heterocycles. The molecule has 4 aromatic carbocycles. The van der Waals surface area contributed by atoms with Gasteiger partial charge in [-0.3, -0.25) is 4.98 Å². The molecule has 35 heavy (non-hydrogen) atoms. The van der Waals surface area contributed by atoms with E-state index in [4.69, 9.17) is 0 Å². The molecule has 0 amide bonds. The fraction of sp³-hybridized carbons (Fsp3) is 0.0625. The van der Waals surface area contributed by atoms with Crippen LogP contribution in [0.5, 0.6) is 0 Å². The lowest BCUT2D eigenvalue weighted by atomic mass is 9.96. The number of aromatic nitrogens is 2. The first-order chi connectivity index (χ1) is 17.2. The highest BCUT2D eigenvalue weighted by Gasteiger charge is 2.19. The van der Waals surface area contributed by atoms with Crippen LogP contribution in [0, 0.1) is 25.2 Å². The van der Waals surface area contributed by atoms with E-state index < -0.39 is 0 Å². The van der Waals surface area contributed by atoms with Crippen molar-refractivity contribution in [3.05, 3.63) is 120 Å². The van der Waals surface area contributed by atoms with Gasteiger partial charge in [-0.1, -0.05) is 60.7 Å². The molecule has 0 N–H and O–H groups in total. The molecule has 0 unspecified atom stereocenters. The van der Waals surface area contributed by atoms with Crippen molar-refractivity contribution in [3.8, 4) is 34.0 Å². The Bertz CT molecular complexity index is 1770. The molecule has 0 atom stereocenters. The van der Waals surface area contributed by atoms with E-state index in [1.165, 1.54) is 27.5 Å². The smallest absolute Gasteiger partial charge is 0.0998 e. The topological polar surface area (TPSA) is 41.6 Å². The average molecular weight is 450 g/mol. The van der Waals surface area contributed by atoms with E-state index in [2.05, 4.69) is 102 Å². The minimum Gasteiger partial charge on any atom is -0.308 e. The molecule has 2 heterocycles. The standard InChI is InChI=1S/C32H23N3/c1-21-8-3-4-9-25(21)27-11-7-12-28-26-10-5-6-13-30(26)35(32(27)28)31-19-24(20-33)29(18-22(31)2)23-14-16-34-17-15-23/h3-19H,1-2H3. The highest BCUT2D eigenvalue weighted by Crippen LogP contribution is 2.40. The Morgan fingerprint density at radius 1 is 0.686 bits per heavy atom. The van der Waals surface area contributed by atoms with Crippen LogP contribution in [0.25, 0.3) is 49.7 Å². The summed E-state index contributed by atoms with van der Waals surface area (Å²) in [6.07, 6.45) is 3.53. The van der Waals surface area contributed by atoms with Crippen LogP contribution in [0.1, 0.15) is 16.7 Å². The summed E-state index contributed by atoms with van der Waals surface area (Å²) in [5.41, 5.74) is 10.6. The molecule has 0 saturated carbocycles. The molecule has 0 bridgehead atoms. The second-order valence-corrected chi connectivity index (χ2v) is 8.90. The number of rotatable bonds is 3. The van der Waals surface area contributed by atoms with E-state index in [-0.39, 0.29) is 0 Å². The maximum atomic E-state index is 10.1. The van der Waals surface area contributed by atoms with E-state index in [0.29, 0.717) is 5.56 Å². The van der Waals surface area contributed by atoms with Gasteiger partial charge in [-0.05, 0) is 72.0 Å². The lowest BCUT2D eigenvalue weighted by molar-refractivity contribution is 1.15. The second-order valence-electron chi connectivity index (χ2n) is 8.90. The number of nitriles is 1. The van der Waals surface area contributed by atoms with Gasteiger partial charge in [0.2, 0.25) is 0 Å². The molecule has 3 nitrogen and oxygen atoms in total. The van der Waals surface area contributed by atoms with Gasteiger partial charge in [0, 0.05) is 28.7 Å². The summed E-state index contributed by atoms with van der Waals surface area (Å²) in [7, 11) is 0. The molecule has 0 fully saturated rings. The maximum absolute atomic E-state index is 10.1. The third-order valence-corrected chi connectivity index (χ3v) is 6.82. The fourth-order valence-corrected chi connectivity index (χ4v) is 5.16. The summed E-state index contributed by atoms with van der Waals surface area (Å²) in [6.45, 7) is 4.28. The summed E-state index contributed by atoms with van der Waals surface area (Å²) >= 11 is 0. The van der Waals surface area contributed by atoms with Crippen molar-refractivity contribution in [2.24, 2.45) is 0 Å². The van der Waals surface area contributed by atoms with Gasteiger partial charge in [-0.15, -0.1) is 0 Å². The van der Waals surface area contributed by atoms with Gasteiger partial charge in [-0.2, -0.15) is 5.26 Å². The summed E-state index contributed by atoms with van der Waals surface area (Å²) in [5, 5.41) is 12.5. The number of fused-ring (bicyclic) bond motifs is 3.